The maximum absolute atomic E-state index is 13.3. The molecule has 0 spiro atoms. The Morgan fingerprint density at radius 2 is 2.16 bits per heavy atom. The number of fused-ring (bicyclic) bond motifs is 1. The Morgan fingerprint density at radius 3 is 2.95 bits per heavy atom. The topological polar surface area (TPSA) is 76.0 Å². The van der Waals surface area contributed by atoms with Gasteiger partial charge >= 0.3 is 0 Å². The average Bonchev–Trinajstić information content (AvgIpc) is 2.75. The van der Waals surface area contributed by atoms with Crippen LogP contribution in [0.5, 0.6) is 0 Å². The summed E-state index contributed by atoms with van der Waals surface area (Å²) >= 11 is 0. The van der Waals surface area contributed by atoms with Crippen LogP contribution in [0.2, 0.25) is 0 Å². The lowest BCUT2D eigenvalue weighted by atomic mass is 9.91. The van der Waals surface area contributed by atoms with Gasteiger partial charge in [-0.15, -0.1) is 0 Å². The minimum Gasteiger partial charge on any atom is -0.361 e. The van der Waals surface area contributed by atoms with Crippen molar-refractivity contribution < 1.29 is 12.8 Å². The Kier molecular flexibility index (Phi) is 2.87. The highest BCUT2D eigenvalue weighted by Gasteiger charge is 2.33. The SMILES string of the molecule is NC1CCS(=O)(=O)CC1c1c[nH]c2ccc(F)cc12. The standard InChI is InChI=1S/C13H15FN2O2S/c14-8-1-2-13-9(5-8)10(6-16-13)11-7-19(17,18)4-3-12(11)15/h1-2,5-6,11-12,16H,3-4,7,15H2. The lowest BCUT2D eigenvalue weighted by Gasteiger charge is -2.28. The summed E-state index contributed by atoms with van der Waals surface area (Å²) in [5.74, 6) is -0.422. The fourth-order valence-electron chi connectivity index (χ4n) is 2.74. The van der Waals surface area contributed by atoms with E-state index in [0.29, 0.717) is 6.42 Å². The number of aromatic amines is 1. The number of H-pyrrole nitrogens is 1. The second-order valence-electron chi connectivity index (χ2n) is 5.11. The predicted molar refractivity (Wildman–Crippen MR) is 72.2 cm³/mol. The summed E-state index contributed by atoms with van der Waals surface area (Å²) in [5.41, 5.74) is 7.64. The van der Waals surface area contributed by atoms with Gasteiger partial charge in [-0.2, -0.15) is 0 Å². The van der Waals surface area contributed by atoms with Crippen molar-refractivity contribution in [3.63, 3.8) is 0 Å². The van der Waals surface area contributed by atoms with Crippen LogP contribution in [0.15, 0.2) is 24.4 Å². The largest absolute Gasteiger partial charge is 0.361 e. The summed E-state index contributed by atoms with van der Waals surface area (Å²) in [5, 5.41) is 0.720. The van der Waals surface area contributed by atoms with Crippen molar-refractivity contribution >= 4 is 20.7 Å². The van der Waals surface area contributed by atoms with E-state index in [1.807, 2.05) is 0 Å². The van der Waals surface area contributed by atoms with Crippen LogP contribution in [0.4, 0.5) is 4.39 Å². The summed E-state index contributed by atoms with van der Waals surface area (Å²) in [7, 11) is -3.06. The van der Waals surface area contributed by atoms with Crippen LogP contribution in [0.3, 0.4) is 0 Å². The molecule has 3 N–H and O–H groups in total. The molecule has 19 heavy (non-hydrogen) atoms. The first-order valence-corrected chi connectivity index (χ1v) is 8.01. The Labute approximate surface area is 110 Å². The van der Waals surface area contributed by atoms with Gasteiger partial charge in [-0.3, -0.25) is 0 Å². The fourth-order valence-corrected chi connectivity index (χ4v) is 4.51. The summed E-state index contributed by atoms with van der Waals surface area (Å²) in [6.07, 6.45) is 2.20. The molecule has 0 radical (unpaired) electrons. The zero-order chi connectivity index (χ0) is 13.6. The van der Waals surface area contributed by atoms with Crippen LogP contribution in [0, 0.1) is 5.82 Å². The first-order valence-electron chi connectivity index (χ1n) is 6.19. The first-order chi connectivity index (χ1) is 8.96. The number of halogens is 1. The minimum atomic E-state index is -3.06. The van der Waals surface area contributed by atoms with E-state index in [9.17, 15) is 12.8 Å². The maximum atomic E-state index is 13.3. The molecular weight excluding hydrogens is 267 g/mol. The second-order valence-corrected chi connectivity index (χ2v) is 7.34. The average molecular weight is 282 g/mol. The molecule has 6 heteroatoms. The van der Waals surface area contributed by atoms with E-state index >= 15 is 0 Å². The molecule has 1 aromatic carbocycles. The predicted octanol–water partition coefficient (Wildman–Crippen LogP) is 1.54. The smallest absolute Gasteiger partial charge is 0.151 e. The Morgan fingerprint density at radius 1 is 1.37 bits per heavy atom. The highest BCUT2D eigenvalue weighted by Crippen LogP contribution is 2.32. The van der Waals surface area contributed by atoms with Crippen LogP contribution >= 0.6 is 0 Å². The van der Waals surface area contributed by atoms with Gasteiger partial charge < -0.3 is 10.7 Å². The Hall–Kier alpha value is -1.40. The van der Waals surface area contributed by atoms with Gasteiger partial charge in [0.2, 0.25) is 0 Å². The number of sulfone groups is 1. The van der Waals surface area contributed by atoms with E-state index in [2.05, 4.69) is 4.98 Å². The summed E-state index contributed by atoms with van der Waals surface area (Å²) in [6.45, 7) is 0. The van der Waals surface area contributed by atoms with E-state index in [1.165, 1.54) is 12.1 Å². The molecule has 2 heterocycles. The molecule has 0 amide bonds. The lowest BCUT2D eigenvalue weighted by molar-refractivity contribution is 0.506. The van der Waals surface area contributed by atoms with Crippen molar-refractivity contribution in [3.05, 3.63) is 35.8 Å². The normalized spacial score (nSPS) is 26.6. The number of hydrogen-bond acceptors (Lipinski definition) is 3. The van der Waals surface area contributed by atoms with Crippen LogP contribution in [-0.2, 0) is 9.84 Å². The van der Waals surface area contributed by atoms with Crippen molar-refractivity contribution in [1.82, 2.24) is 4.98 Å². The van der Waals surface area contributed by atoms with Crippen molar-refractivity contribution in [2.24, 2.45) is 5.73 Å². The van der Waals surface area contributed by atoms with Gasteiger partial charge in [0.1, 0.15) is 5.82 Å². The van der Waals surface area contributed by atoms with Crippen molar-refractivity contribution in [3.8, 4) is 0 Å². The van der Waals surface area contributed by atoms with Crippen LogP contribution in [0.25, 0.3) is 10.9 Å². The van der Waals surface area contributed by atoms with Gasteiger partial charge in [0.05, 0.1) is 11.5 Å². The van der Waals surface area contributed by atoms with E-state index in [4.69, 9.17) is 5.73 Å². The number of nitrogens with one attached hydrogen (secondary N) is 1. The van der Waals surface area contributed by atoms with Gasteiger partial charge in [0.25, 0.3) is 0 Å². The summed E-state index contributed by atoms with van der Waals surface area (Å²) < 4.78 is 36.9. The number of nitrogens with two attached hydrogens (primary N) is 1. The Balaban J connectivity index is 2.10. The fraction of sp³-hybridized carbons (Fsp3) is 0.385. The van der Waals surface area contributed by atoms with E-state index in [0.717, 1.165) is 16.5 Å². The zero-order valence-corrected chi connectivity index (χ0v) is 11.1. The second kappa shape index (κ2) is 4.31. The van der Waals surface area contributed by atoms with Gasteiger partial charge in [-0.25, -0.2) is 12.8 Å². The molecule has 4 nitrogen and oxygen atoms in total. The molecule has 0 aliphatic carbocycles. The molecule has 1 fully saturated rings. The van der Waals surface area contributed by atoms with Gasteiger partial charge in [-0.1, -0.05) is 0 Å². The molecule has 1 saturated heterocycles. The highest BCUT2D eigenvalue weighted by atomic mass is 32.2. The number of rotatable bonds is 1. The van der Waals surface area contributed by atoms with Crippen molar-refractivity contribution in [1.29, 1.82) is 0 Å². The van der Waals surface area contributed by atoms with Crippen molar-refractivity contribution in [2.75, 3.05) is 11.5 Å². The zero-order valence-electron chi connectivity index (χ0n) is 10.3. The molecule has 0 bridgehead atoms. The van der Waals surface area contributed by atoms with E-state index < -0.39 is 9.84 Å². The molecule has 3 rings (SSSR count). The van der Waals surface area contributed by atoms with Crippen LogP contribution < -0.4 is 5.73 Å². The molecule has 2 unspecified atom stereocenters. The monoisotopic (exact) mass is 282 g/mol. The van der Waals surface area contributed by atoms with E-state index in [-0.39, 0.29) is 29.3 Å². The molecule has 1 aromatic heterocycles. The molecule has 1 aliphatic rings. The highest BCUT2D eigenvalue weighted by molar-refractivity contribution is 7.91. The molecule has 2 aromatic rings. The number of benzene rings is 1. The van der Waals surface area contributed by atoms with Crippen molar-refractivity contribution in [2.45, 2.75) is 18.4 Å². The molecule has 0 saturated carbocycles. The maximum Gasteiger partial charge on any atom is 0.151 e. The molecule has 1 aliphatic heterocycles. The molecule has 102 valence electrons. The van der Waals surface area contributed by atoms with Gasteiger partial charge in [-0.05, 0) is 30.2 Å². The van der Waals surface area contributed by atoms with Gasteiger partial charge in [0.15, 0.2) is 9.84 Å². The summed E-state index contributed by atoms with van der Waals surface area (Å²) in [4.78, 5) is 3.04. The molecule has 2 atom stereocenters. The third kappa shape index (κ3) is 2.26. The quantitative estimate of drug-likeness (QED) is 0.833. The van der Waals surface area contributed by atoms with E-state index in [1.54, 1.807) is 12.3 Å². The Bertz CT molecular complexity index is 723. The van der Waals surface area contributed by atoms with Crippen LogP contribution in [-0.4, -0.2) is 30.9 Å². The van der Waals surface area contributed by atoms with Crippen LogP contribution in [0.1, 0.15) is 17.9 Å². The van der Waals surface area contributed by atoms with Gasteiger partial charge in [0, 0.05) is 29.1 Å². The number of hydrogen-bond donors (Lipinski definition) is 2. The number of aromatic nitrogens is 1. The molecular formula is C13H15FN2O2S. The third-order valence-corrected chi connectivity index (χ3v) is 5.51. The summed E-state index contributed by atoms with van der Waals surface area (Å²) in [6, 6.07) is 4.25. The third-order valence-electron chi connectivity index (χ3n) is 3.79. The first kappa shape index (κ1) is 12.6. The lowest BCUT2D eigenvalue weighted by Crippen LogP contribution is -2.40. The minimum absolute atomic E-state index is 0.0393.